The molecule has 7 heteroatoms. The number of hydrogen-bond donors (Lipinski definition) is 2. The summed E-state index contributed by atoms with van der Waals surface area (Å²) in [5, 5.41) is 11.2. The van der Waals surface area contributed by atoms with Crippen LogP contribution in [0.15, 0.2) is 12.1 Å². The van der Waals surface area contributed by atoms with Gasteiger partial charge in [0.05, 0.1) is 4.34 Å². The van der Waals surface area contributed by atoms with Crippen molar-refractivity contribution in [1.29, 1.82) is 0 Å². The molecule has 0 aliphatic heterocycles. The molecule has 0 saturated heterocycles. The lowest BCUT2D eigenvalue weighted by Crippen LogP contribution is -2.38. The molecule has 0 aliphatic carbocycles. The molecule has 0 radical (unpaired) electrons. The topological polar surface area (TPSA) is 32.3 Å². The Labute approximate surface area is 93.7 Å². The Bertz CT molecular complexity index is 315. The summed E-state index contributed by atoms with van der Waals surface area (Å²) in [6.07, 6.45) is -6.90. The van der Waals surface area contributed by atoms with Crippen LogP contribution in [0.25, 0.3) is 0 Å². The van der Waals surface area contributed by atoms with E-state index >= 15 is 0 Å². The molecule has 0 amide bonds. The summed E-state index contributed by atoms with van der Waals surface area (Å²) < 4.78 is 36.2. The lowest BCUT2D eigenvalue weighted by Gasteiger charge is -2.14. The average molecular weight is 260 g/mol. The zero-order chi connectivity index (χ0) is 11.5. The molecule has 1 rings (SSSR count). The molecule has 0 bridgehead atoms. The van der Waals surface area contributed by atoms with E-state index in [-0.39, 0.29) is 6.54 Å². The first kappa shape index (κ1) is 12.8. The Morgan fingerprint density at radius 2 is 2.13 bits per heavy atom. The van der Waals surface area contributed by atoms with Crippen molar-refractivity contribution in [2.45, 2.75) is 18.8 Å². The maximum Gasteiger partial charge on any atom is 0.415 e. The van der Waals surface area contributed by atoms with E-state index in [1.165, 1.54) is 11.3 Å². The van der Waals surface area contributed by atoms with E-state index in [0.717, 1.165) is 4.88 Å². The molecule has 0 fully saturated rings. The molecule has 0 aromatic carbocycles. The number of alkyl halides is 3. The van der Waals surface area contributed by atoms with E-state index in [4.69, 9.17) is 16.7 Å². The Morgan fingerprint density at radius 3 is 2.60 bits per heavy atom. The third-order valence-electron chi connectivity index (χ3n) is 1.64. The van der Waals surface area contributed by atoms with Gasteiger partial charge in [0, 0.05) is 18.0 Å². The van der Waals surface area contributed by atoms with Crippen LogP contribution in [-0.4, -0.2) is 23.9 Å². The van der Waals surface area contributed by atoms with Gasteiger partial charge in [0.1, 0.15) is 0 Å². The minimum Gasteiger partial charge on any atom is -0.382 e. The van der Waals surface area contributed by atoms with Crippen molar-refractivity contribution >= 4 is 22.9 Å². The number of thiophene rings is 1. The van der Waals surface area contributed by atoms with Gasteiger partial charge < -0.3 is 10.4 Å². The predicted octanol–water partition coefficient (Wildman–Crippen LogP) is 2.41. The second-order valence-electron chi connectivity index (χ2n) is 2.89. The van der Waals surface area contributed by atoms with Crippen LogP contribution in [0, 0.1) is 0 Å². The minimum atomic E-state index is -4.57. The fourth-order valence-corrected chi connectivity index (χ4v) is 1.95. The number of nitrogens with one attached hydrogen (secondary N) is 1. The number of aliphatic hydroxyl groups is 1. The van der Waals surface area contributed by atoms with Gasteiger partial charge in [-0.2, -0.15) is 13.2 Å². The normalized spacial score (nSPS) is 14.2. The highest BCUT2D eigenvalue weighted by Gasteiger charge is 2.37. The van der Waals surface area contributed by atoms with E-state index in [9.17, 15) is 13.2 Å². The van der Waals surface area contributed by atoms with Gasteiger partial charge in [0.2, 0.25) is 0 Å². The van der Waals surface area contributed by atoms with Crippen molar-refractivity contribution in [3.05, 3.63) is 21.3 Å². The molecule has 86 valence electrons. The van der Waals surface area contributed by atoms with Gasteiger partial charge in [-0.05, 0) is 12.1 Å². The standard InChI is InChI=1S/C8H9ClF3NOS/c9-7-2-1-5(15-7)3-13-4-6(14)8(10,11)12/h1-2,6,13-14H,3-4H2. The summed E-state index contributed by atoms with van der Waals surface area (Å²) in [6.45, 7) is -0.246. The van der Waals surface area contributed by atoms with E-state index in [1.807, 2.05) is 0 Å². The Balaban J connectivity index is 2.28. The van der Waals surface area contributed by atoms with Gasteiger partial charge in [0.25, 0.3) is 0 Å². The van der Waals surface area contributed by atoms with E-state index < -0.39 is 18.8 Å². The number of aliphatic hydroxyl groups excluding tert-OH is 1. The molecule has 2 N–H and O–H groups in total. The molecule has 0 saturated carbocycles. The summed E-state index contributed by atoms with van der Waals surface area (Å²) in [5.74, 6) is 0. The molecule has 1 aromatic heterocycles. The van der Waals surface area contributed by atoms with Crippen molar-refractivity contribution < 1.29 is 18.3 Å². The molecule has 1 atom stereocenters. The first-order valence-electron chi connectivity index (χ1n) is 4.09. The van der Waals surface area contributed by atoms with Gasteiger partial charge >= 0.3 is 6.18 Å². The quantitative estimate of drug-likeness (QED) is 0.870. The summed E-state index contributed by atoms with van der Waals surface area (Å²) in [5.41, 5.74) is 0. The number of hydrogen-bond acceptors (Lipinski definition) is 3. The van der Waals surface area contributed by atoms with Crippen LogP contribution < -0.4 is 5.32 Å². The molecule has 2 nitrogen and oxygen atoms in total. The highest BCUT2D eigenvalue weighted by Crippen LogP contribution is 2.22. The number of halogens is 4. The highest BCUT2D eigenvalue weighted by atomic mass is 35.5. The van der Waals surface area contributed by atoms with E-state index in [2.05, 4.69) is 5.32 Å². The van der Waals surface area contributed by atoms with Crippen LogP contribution in [0.5, 0.6) is 0 Å². The third kappa shape index (κ3) is 4.38. The van der Waals surface area contributed by atoms with Gasteiger partial charge in [-0.15, -0.1) is 11.3 Å². The molecule has 15 heavy (non-hydrogen) atoms. The molecular formula is C8H9ClF3NOS. The smallest absolute Gasteiger partial charge is 0.382 e. The largest absolute Gasteiger partial charge is 0.415 e. The van der Waals surface area contributed by atoms with Gasteiger partial charge in [-0.25, -0.2) is 0 Å². The zero-order valence-corrected chi connectivity index (χ0v) is 9.09. The highest BCUT2D eigenvalue weighted by molar-refractivity contribution is 7.16. The van der Waals surface area contributed by atoms with Crippen molar-refractivity contribution in [2.24, 2.45) is 0 Å². The summed E-state index contributed by atoms with van der Waals surface area (Å²) in [6, 6.07) is 3.39. The summed E-state index contributed by atoms with van der Waals surface area (Å²) >= 11 is 6.92. The van der Waals surface area contributed by atoms with Crippen molar-refractivity contribution in [3.8, 4) is 0 Å². The zero-order valence-electron chi connectivity index (χ0n) is 7.51. The minimum absolute atomic E-state index is 0.268. The summed E-state index contributed by atoms with van der Waals surface area (Å²) in [4.78, 5) is 0.828. The number of rotatable bonds is 4. The maximum absolute atomic E-state index is 11.9. The predicted molar refractivity (Wildman–Crippen MR) is 53.1 cm³/mol. The van der Waals surface area contributed by atoms with Crippen LogP contribution >= 0.6 is 22.9 Å². The van der Waals surface area contributed by atoms with Crippen LogP contribution in [0.3, 0.4) is 0 Å². The SMILES string of the molecule is OC(CNCc1ccc(Cl)s1)C(F)(F)F. The molecule has 1 aromatic rings. The van der Waals surface area contributed by atoms with Crippen molar-refractivity contribution in [1.82, 2.24) is 5.32 Å². The monoisotopic (exact) mass is 259 g/mol. The van der Waals surface area contributed by atoms with Crippen molar-refractivity contribution in [3.63, 3.8) is 0 Å². The van der Waals surface area contributed by atoms with Crippen LogP contribution in [0.1, 0.15) is 4.88 Å². The molecule has 0 spiro atoms. The summed E-state index contributed by atoms with van der Waals surface area (Å²) in [7, 11) is 0. The first-order chi connectivity index (χ1) is 6.89. The Hall–Kier alpha value is -0.300. The van der Waals surface area contributed by atoms with Gasteiger partial charge in [-0.1, -0.05) is 11.6 Å². The fraction of sp³-hybridized carbons (Fsp3) is 0.500. The van der Waals surface area contributed by atoms with E-state index in [1.54, 1.807) is 12.1 Å². The van der Waals surface area contributed by atoms with Gasteiger partial charge in [-0.3, -0.25) is 0 Å². The Kier molecular flexibility index (Phi) is 4.39. The second-order valence-corrected chi connectivity index (χ2v) is 4.69. The van der Waals surface area contributed by atoms with Crippen molar-refractivity contribution in [2.75, 3.05) is 6.54 Å². The molecule has 1 heterocycles. The lowest BCUT2D eigenvalue weighted by molar-refractivity contribution is -0.201. The fourth-order valence-electron chi connectivity index (χ4n) is 0.895. The molecule has 0 aliphatic rings. The Morgan fingerprint density at radius 1 is 1.47 bits per heavy atom. The second kappa shape index (κ2) is 5.16. The molecule has 1 unspecified atom stereocenters. The van der Waals surface area contributed by atoms with Crippen LogP contribution in [0.4, 0.5) is 13.2 Å². The van der Waals surface area contributed by atoms with Crippen LogP contribution in [0.2, 0.25) is 4.34 Å². The maximum atomic E-state index is 11.9. The lowest BCUT2D eigenvalue weighted by atomic mass is 10.3. The van der Waals surface area contributed by atoms with Gasteiger partial charge in [0.15, 0.2) is 6.10 Å². The molecular weight excluding hydrogens is 251 g/mol. The average Bonchev–Trinajstić information content (AvgIpc) is 2.49. The van der Waals surface area contributed by atoms with E-state index in [0.29, 0.717) is 4.34 Å². The van der Waals surface area contributed by atoms with Crippen LogP contribution in [-0.2, 0) is 6.54 Å². The first-order valence-corrected chi connectivity index (χ1v) is 5.29. The third-order valence-corrected chi connectivity index (χ3v) is 2.87.